The van der Waals surface area contributed by atoms with Crippen LogP contribution in [-0.2, 0) is 0 Å². The fourth-order valence-electron chi connectivity index (χ4n) is 1.55. The topological polar surface area (TPSA) is 0 Å². The highest BCUT2D eigenvalue weighted by Crippen LogP contribution is 2.24. The van der Waals surface area contributed by atoms with E-state index in [1.54, 1.807) is 5.57 Å². The lowest BCUT2D eigenvalue weighted by Crippen LogP contribution is -1.98. The van der Waals surface area contributed by atoms with Crippen molar-refractivity contribution in [2.24, 2.45) is 5.92 Å². The summed E-state index contributed by atoms with van der Waals surface area (Å²) in [6.45, 7) is 16.8. The van der Waals surface area contributed by atoms with Crippen molar-refractivity contribution < 1.29 is 0 Å². The van der Waals surface area contributed by atoms with Gasteiger partial charge < -0.3 is 0 Å². The minimum Gasteiger partial charge on any atom is -0.106 e. The van der Waals surface area contributed by atoms with Crippen LogP contribution in [0.15, 0.2) is 36.5 Å². The molecule has 16 heavy (non-hydrogen) atoms. The average molecular weight is 222 g/mol. The van der Waals surface area contributed by atoms with Crippen molar-refractivity contribution in [3.8, 4) is 0 Å². The van der Waals surface area contributed by atoms with E-state index in [1.807, 2.05) is 13.8 Å². The van der Waals surface area contributed by atoms with Crippen LogP contribution in [-0.4, -0.2) is 0 Å². The zero-order valence-electron chi connectivity index (χ0n) is 12.0. The molecular weight excluding hydrogens is 192 g/mol. The van der Waals surface area contributed by atoms with Crippen molar-refractivity contribution in [3.05, 3.63) is 36.5 Å². The average Bonchev–Trinajstić information content (AvgIpc) is 2.37. The molecule has 0 heterocycles. The van der Waals surface area contributed by atoms with Gasteiger partial charge in [-0.2, -0.15) is 0 Å². The third-order valence-corrected chi connectivity index (χ3v) is 2.75. The number of allylic oxidation sites excluding steroid dienone is 4. The van der Waals surface area contributed by atoms with Crippen LogP contribution in [0.2, 0.25) is 0 Å². The predicted molar refractivity (Wildman–Crippen MR) is 77.7 cm³/mol. The monoisotopic (exact) mass is 222 g/mol. The summed E-state index contributed by atoms with van der Waals surface area (Å²) in [4.78, 5) is 0. The molecule has 0 spiro atoms. The number of rotatable bonds is 3. The Morgan fingerprint density at radius 1 is 1.19 bits per heavy atom. The van der Waals surface area contributed by atoms with Gasteiger partial charge in [0.2, 0.25) is 0 Å². The zero-order chi connectivity index (χ0) is 13.0. The van der Waals surface area contributed by atoms with E-state index in [0.717, 1.165) is 5.92 Å². The molecule has 0 radical (unpaired) electrons. The van der Waals surface area contributed by atoms with Crippen LogP contribution < -0.4 is 0 Å². The maximum Gasteiger partial charge on any atom is -0.0280 e. The van der Waals surface area contributed by atoms with Crippen LogP contribution >= 0.6 is 0 Å². The smallest absolute Gasteiger partial charge is 0.0280 e. The van der Waals surface area contributed by atoms with Gasteiger partial charge in [-0.15, -0.1) is 13.2 Å². The van der Waals surface area contributed by atoms with Gasteiger partial charge in [0, 0.05) is 0 Å². The van der Waals surface area contributed by atoms with Crippen LogP contribution in [0.1, 0.15) is 60.3 Å². The molecule has 1 rings (SSSR count). The van der Waals surface area contributed by atoms with E-state index in [4.69, 9.17) is 0 Å². The van der Waals surface area contributed by atoms with E-state index in [0.29, 0.717) is 0 Å². The Kier molecular flexibility index (Phi) is 13.5. The van der Waals surface area contributed by atoms with Gasteiger partial charge in [-0.3, -0.25) is 0 Å². The summed E-state index contributed by atoms with van der Waals surface area (Å²) in [5.41, 5.74) is 3.18. The summed E-state index contributed by atoms with van der Waals surface area (Å²) in [7, 11) is 0. The molecular formula is C16H30. The van der Waals surface area contributed by atoms with Crippen molar-refractivity contribution in [2.45, 2.75) is 60.3 Å². The van der Waals surface area contributed by atoms with E-state index in [9.17, 15) is 0 Å². The second-order valence-electron chi connectivity index (χ2n) is 4.06. The summed E-state index contributed by atoms with van der Waals surface area (Å²) in [6, 6.07) is 0. The lowest BCUT2D eigenvalue weighted by Gasteiger charge is -2.15. The quantitative estimate of drug-likeness (QED) is 0.520. The lowest BCUT2D eigenvalue weighted by molar-refractivity contribution is 0.545. The fraction of sp³-hybridized carbons (Fsp3) is 0.625. The molecule has 0 fully saturated rings. The minimum absolute atomic E-state index is 0.864. The summed E-state index contributed by atoms with van der Waals surface area (Å²) >= 11 is 0. The summed E-state index contributed by atoms with van der Waals surface area (Å²) in [6.07, 6.45) is 9.79. The Hall–Kier alpha value is -0.780. The molecule has 0 aromatic carbocycles. The lowest BCUT2D eigenvalue weighted by atomic mass is 9.91. The molecule has 1 unspecified atom stereocenters. The molecule has 0 saturated carbocycles. The molecule has 0 aromatic heterocycles. The Labute approximate surface area is 103 Å². The minimum atomic E-state index is 0.864. The van der Waals surface area contributed by atoms with Gasteiger partial charge >= 0.3 is 0 Å². The molecule has 1 atom stereocenters. The number of hydrogen-bond acceptors (Lipinski definition) is 0. The zero-order valence-corrected chi connectivity index (χ0v) is 12.0. The summed E-state index contributed by atoms with van der Waals surface area (Å²) < 4.78 is 0. The molecule has 0 amide bonds. The Bertz CT molecular complexity index is 208. The molecule has 0 N–H and O–H groups in total. The maximum absolute atomic E-state index is 3.00. The van der Waals surface area contributed by atoms with Crippen molar-refractivity contribution in [3.63, 3.8) is 0 Å². The van der Waals surface area contributed by atoms with Gasteiger partial charge in [0.25, 0.3) is 0 Å². The highest BCUT2D eigenvalue weighted by atomic mass is 14.1. The Morgan fingerprint density at radius 3 is 2.12 bits per heavy atom. The molecule has 0 aromatic rings. The normalized spacial score (nSPS) is 15.6. The largest absolute Gasteiger partial charge is 0.106 e. The van der Waals surface area contributed by atoms with Crippen molar-refractivity contribution in [2.75, 3.05) is 0 Å². The predicted octanol–water partition coefficient (Wildman–Crippen LogP) is 5.92. The third kappa shape index (κ3) is 8.52. The van der Waals surface area contributed by atoms with E-state index in [-0.39, 0.29) is 0 Å². The van der Waals surface area contributed by atoms with Crippen molar-refractivity contribution in [1.82, 2.24) is 0 Å². The van der Waals surface area contributed by atoms with Gasteiger partial charge in [0.05, 0.1) is 0 Å². The molecule has 1 aliphatic rings. The van der Waals surface area contributed by atoms with Gasteiger partial charge in [0.15, 0.2) is 0 Å². The van der Waals surface area contributed by atoms with E-state index in [2.05, 4.69) is 46.1 Å². The molecule has 0 nitrogen and oxygen atoms in total. The van der Waals surface area contributed by atoms with Crippen LogP contribution in [0, 0.1) is 5.92 Å². The third-order valence-electron chi connectivity index (χ3n) is 2.75. The Morgan fingerprint density at radius 2 is 1.75 bits per heavy atom. The summed E-state index contributed by atoms with van der Waals surface area (Å²) in [5.74, 6) is 0.864. The van der Waals surface area contributed by atoms with E-state index in [1.165, 1.54) is 31.3 Å². The first kappa shape index (κ1) is 17.6. The van der Waals surface area contributed by atoms with E-state index >= 15 is 0 Å². The van der Waals surface area contributed by atoms with Gasteiger partial charge in [-0.1, -0.05) is 57.4 Å². The second kappa shape index (κ2) is 12.3. The molecule has 1 aliphatic carbocycles. The maximum atomic E-state index is 3.00. The van der Waals surface area contributed by atoms with Gasteiger partial charge in [-0.05, 0) is 32.1 Å². The molecule has 0 saturated heterocycles. The van der Waals surface area contributed by atoms with Crippen LogP contribution in [0.5, 0.6) is 0 Å². The molecule has 0 bridgehead atoms. The Balaban J connectivity index is 0. The molecule has 0 aliphatic heterocycles. The highest BCUT2D eigenvalue weighted by Gasteiger charge is 2.06. The van der Waals surface area contributed by atoms with Crippen LogP contribution in [0.25, 0.3) is 0 Å². The first-order chi connectivity index (χ1) is 7.72. The summed E-state index contributed by atoms with van der Waals surface area (Å²) in [5, 5.41) is 0. The van der Waals surface area contributed by atoms with E-state index < -0.39 is 0 Å². The highest BCUT2D eigenvalue weighted by molar-refractivity contribution is 5.22. The van der Waals surface area contributed by atoms with Crippen molar-refractivity contribution in [1.29, 1.82) is 0 Å². The van der Waals surface area contributed by atoms with Crippen LogP contribution in [0.4, 0.5) is 0 Å². The number of hydrogen-bond donors (Lipinski definition) is 0. The molecule has 94 valence electrons. The second-order valence-corrected chi connectivity index (χ2v) is 4.06. The van der Waals surface area contributed by atoms with Crippen molar-refractivity contribution >= 4 is 0 Å². The van der Waals surface area contributed by atoms with Gasteiger partial charge in [0.1, 0.15) is 0 Å². The fourth-order valence-corrected chi connectivity index (χ4v) is 1.55. The first-order valence-electron chi connectivity index (χ1n) is 6.57. The molecule has 0 heteroatoms. The SMILES string of the molecule is C=C.CC.CCC(C)CC1=CC=C(C)CC1. The van der Waals surface area contributed by atoms with Gasteiger partial charge in [-0.25, -0.2) is 0 Å². The van der Waals surface area contributed by atoms with Crippen LogP contribution in [0.3, 0.4) is 0 Å². The first-order valence-corrected chi connectivity index (χ1v) is 6.57. The standard InChI is InChI=1S/C12H20.C2H6.C2H4/c1-4-10(2)9-12-7-5-11(3)6-8-12;2*1-2/h5,7,10H,4,6,8-9H2,1-3H3;1-2H3;1-2H2.